The van der Waals surface area contributed by atoms with Crippen LogP contribution in [-0.2, 0) is 6.42 Å². The number of hydrogen-bond acceptors (Lipinski definition) is 6. The molecule has 1 aliphatic rings. The zero-order valence-electron chi connectivity index (χ0n) is 25.0. The molecule has 10 heteroatoms. The van der Waals surface area contributed by atoms with Crippen molar-refractivity contribution in [2.45, 2.75) is 32.1 Å². The summed E-state index contributed by atoms with van der Waals surface area (Å²) in [6.07, 6.45) is 11.5. The van der Waals surface area contributed by atoms with E-state index in [-0.39, 0.29) is 17.9 Å². The van der Waals surface area contributed by atoms with Gasteiger partial charge >= 0.3 is 6.03 Å². The number of allylic oxidation sites excluding steroid dienone is 4. The van der Waals surface area contributed by atoms with Gasteiger partial charge in [0.2, 0.25) is 0 Å². The van der Waals surface area contributed by atoms with E-state index in [1.165, 1.54) is 22.5 Å². The van der Waals surface area contributed by atoms with E-state index in [0.29, 0.717) is 34.7 Å². The monoisotopic (exact) mass is 635 g/mol. The Morgan fingerprint density at radius 2 is 1.73 bits per heavy atom. The number of anilines is 1. The van der Waals surface area contributed by atoms with Crippen molar-refractivity contribution in [2.24, 2.45) is 5.92 Å². The van der Waals surface area contributed by atoms with Crippen LogP contribution in [0.15, 0.2) is 110 Å². The Labute approximate surface area is 272 Å². The number of nitrogens with zero attached hydrogens (tertiary/aromatic N) is 6. The molecule has 8 nitrogen and oxygen atoms in total. The number of urea groups is 1. The lowest BCUT2D eigenvalue weighted by molar-refractivity contribution is 0.210. The number of nitrogens with one attached hydrogen (secondary N) is 1. The van der Waals surface area contributed by atoms with Gasteiger partial charge in [-0.1, -0.05) is 108 Å². The Hall–Kier alpha value is -4.60. The Morgan fingerprint density at radius 1 is 1.00 bits per heavy atom. The summed E-state index contributed by atoms with van der Waals surface area (Å²) >= 11 is 8.00. The average Bonchev–Trinajstić information content (AvgIpc) is 3.74. The van der Waals surface area contributed by atoms with Gasteiger partial charge in [-0.25, -0.2) is 14.5 Å². The lowest BCUT2D eigenvalue weighted by atomic mass is 9.88. The van der Waals surface area contributed by atoms with Crippen LogP contribution in [0.4, 0.5) is 9.93 Å². The average molecular weight is 636 g/mol. The summed E-state index contributed by atoms with van der Waals surface area (Å²) in [7, 11) is 0. The number of thiazole rings is 1. The lowest BCUT2D eigenvalue weighted by Crippen LogP contribution is -2.38. The minimum Gasteiger partial charge on any atom is -0.324 e. The number of carbonyl (C=O) groups excluding carboxylic acids is 1. The van der Waals surface area contributed by atoms with Crippen molar-refractivity contribution in [1.29, 1.82) is 0 Å². The minimum atomic E-state index is -0.207. The van der Waals surface area contributed by atoms with Crippen molar-refractivity contribution in [1.82, 2.24) is 29.9 Å². The summed E-state index contributed by atoms with van der Waals surface area (Å²) in [4.78, 5) is 25.0. The summed E-state index contributed by atoms with van der Waals surface area (Å²) in [6, 6.07) is 26.6. The normalized spacial score (nSPS) is 14.6. The molecule has 0 bridgehead atoms. The summed E-state index contributed by atoms with van der Waals surface area (Å²) in [5, 5.41) is 11.6. The highest BCUT2D eigenvalue weighted by Gasteiger charge is 2.25. The molecule has 1 unspecified atom stereocenters. The molecule has 1 aliphatic carbocycles. The van der Waals surface area contributed by atoms with Gasteiger partial charge in [0.25, 0.3) is 0 Å². The van der Waals surface area contributed by atoms with Crippen molar-refractivity contribution in [3.63, 3.8) is 0 Å². The standard InChI is InChI=1S/C35H34ClN7OS/c1-25-24-29(43-23-20-38-41-43)15-16-30(25)32-33(36)45-34(39-32)40-35(44)42(21-17-28-14-8-9-19-37-28)22-18-31(26-10-4-2-5-11-26)27-12-6-3-7-13-27/h2-16,19-20,23,25,31H,17-18,21-22,24H2,1H3,(H,39,40,44). The third kappa shape index (κ3) is 7.56. The van der Waals surface area contributed by atoms with Crippen molar-refractivity contribution < 1.29 is 4.79 Å². The Bertz CT molecular complexity index is 1720. The van der Waals surface area contributed by atoms with Gasteiger partial charge in [-0.2, -0.15) is 0 Å². The fraction of sp³-hybridized carbons (Fsp3) is 0.229. The second-order valence-corrected chi connectivity index (χ2v) is 12.6. The zero-order chi connectivity index (χ0) is 31.0. The number of carbonyl (C=O) groups is 1. The predicted molar refractivity (Wildman–Crippen MR) is 181 cm³/mol. The molecule has 6 rings (SSSR count). The van der Waals surface area contributed by atoms with Gasteiger partial charge < -0.3 is 4.90 Å². The number of aromatic nitrogens is 5. The quantitative estimate of drug-likeness (QED) is 0.159. The smallest absolute Gasteiger partial charge is 0.323 e. The predicted octanol–water partition coefficient (Wildman–Crippen LogP) is 8.05. The first-order valence-corrected chi connectivity index (χ1v) is 16.2. The minimum absolute atomic E-state index is 0.147. The van der Waals surface area contributed by atoms with Gasteiger partial charge in [0.05, 0.1) is 18.1 Å². The van der Waals surface area contributed by atoms with Crippen LogP contribution >= 0.6 is 22.9 Å². The van der Waals surface area contributed by atoms with E-state index < -0.39 is 0 Å². The van der Waals surface area contributed by atoms with Crippen molar-refractivity contribution in [3.8, 4) is 0 Å². The molecule has 45 heavy (non-hydrogen) atoms. The molecule has 2 amide bonds. The summed E-state index contributed by atoms with van der Waals surface area (Å²) < 4.78 is 2.33. The second kappa shape index (κ2) is 14.5. The zero-order valence-corrected chi connectivity index (χ0v) is 26.5. The topological polar surface area (TPSA) is 88.8 Å². The lowest BCUT2D eigenvalue weighted by Gasteiger charge is -2.26. The third-order valence-corrected chi connectivity index (χ3v) is 9.20. The maximum Gasteiger partial charge on any atom is 0.323 e. The second-order valence-electron chi connectivity index (χ2n) is 11.0. The van der Waals surface area contributed by atoms with E-state index in [1.807, 2.05) is 53.6 Å². The molecular formula is C35H34ClN7OS. The molecule has 0 fully saturated rings. The molecule has 1 N–H and O–H groups in total. The van der Waals surface area contributed by atoms with Crippen LogP contribution in [0.25, 0.3) is 11.3 Å². The van der Waals surface area contributed by atoms with Crippen LogP contribution in [-0.4, -0.2) is 49.0 Å². The highest BCUT2D eigenvalue weighted by Crippen LogP contribution is 2.40. The molecule has 0 aliphatic heterocycles. The van der Waals surface area contributed by atoms with E-state index in [1.54, 1.807) is 17.1 Å². The first kappa shape index (κ1) is 30.4. The number of amides is 2. The maximum atomic E-state index is 13.8. The summed E-state index contributed by atoms with van der Waals surface area (Å²) in [6.45, 7) is 3.21. The van der Waals surface area contributed by atoms with Gasteiger partial charge in [0.15, 0.2) is 5.13 Å². The van der Waals surface area contributed by atoms with Crippen LogP contribution in [0.2, 0.25) is 4.34 Å². The SMILES string of the molecule is CC1CC(n2ccnn2)=CC=C1c1nc(NC(=O)N(CCc2ccccn2)CCC(c2ccccc2)c2ccccc2)sc1Cl. The number of hydrogen-bond donors (Lipinski definition) is 1. The van der Waals surface area contributed by atoms with Crippen LogP contribution in [0.3, 0.4) is 0 Å². The molecule has 0 saturated carbocycles. The molecule has 3 heterocycles. The molecule has 1 atom stereocenters. The summed E-state index contributed by atoms with van der Waals surface area (Å²) in [5.74, 6) is 0.314. The molecule has 0 radical (unpaired) electrons. The number of benzene rings is 2. The number of rotatable bonds is 11. The Balaban J connectivity index is 1.20. The fourth-order valence-corrected chi connectivity index (χ4v) is 6.76. The van der Waals surface area contributed by atoms with E-state index >= 15 is 0 Å². The van der Waals surface area contributed by atoms with Gasteiger partial charge in [0.1, 0.15) is 4.34 Å². The number of pyridine rings is 1. The molecular weight excluding hydrogens is 602 g/mol. The van der Waals surface area contributed by atoms with Crippen LogP contribution in [0.5, 0.6) is 0 Å². The Kier molecular flexibility index (Phi) is 9.77. The van der Waals surface area contributed by atoms with E-state index in [4.69, 9.17) is 16.6 Å². The van der Waals surface area contributed by atoms with E-state index in [2.05, 4.69) is 76.1 Å². The van der Waals surface area contributed by atoms with Crippen molar-refractivity contribution in [3.05, 3.63) is 136 Å². The molecule has 0 spiro atoms. The van der Waals surface area contributed by atoms with Gasteiger partial charge in [0, 0.05) is 43.0 Å². The van der Waals surface area contributed by atoms with Gasteiger partial charge in [-0.15, -0.1) is 5.10 Å². The maximum absolute atomic E-state index is 13.8. The van der Waals surface area contributed by atoms with Crippen molar-refractivity contribution >= 4 is 45.4 Å². The summed E-state index contributed by atoms with van der Waals surface area (Å²) in [5.41, 5.74) is 6.17. The third-order valence-electron chi connectivity index (χ3n) is 8.03. The van der Waals surface area contributed by atoms with Crippen LogP contribution in [0.1, 0.15) is 48.2 Å². The molecule has 0 saturated heterocycles. The number of halogens is 1. The van der Waals surface area contributed by atoms with Crippen LogP contribution < -0.4 is 5.32 Å². The van der Waals surface area contributed by atoms with Gasteiger partial charge in [-0.3, -0.25) is 10.3 Å². The van der Waals surface area contributed by atoms with Crippen molar-refractivity contribution in [2.75, 3.05) is 18.4 Å². The first-order valence-electron chi connectivity index (χ1n) is 15.0. The molecule has 5 aromatic rings. The van der Waals surface area contributed by atoms with Crippen LogP contribution in [0, 0.1) is 5.92 Å². The highest BCUT2D eigenvalue weighted by atomic mass is 35.5. The van der Waals surface area contributed by atoms with Gasteiger partial charge in [-0.05, 0) is 53.7 Å². The largest absolute Gasteiger partial charge is 0.324 e. The molecule has 3 aromatic heterocycles. The first-order chi connectivity index (χ1) is 22.0. The van der Waals surface area contributed by atoms with E-state index in [0.717, 1.165) is 29.8 Å². The van der Waals surface area contributed by atoms with E-state index in [9.17, 15) is 4.79 Å². The highest BCUT2D eigenvalue weighted by molar-refractivity contribution is 7.19. The fourth-order valence-electron chi connectivity index (χ4n) is 5.68. The Morgan fingerprint density at radius 3 is 2.38 bits per heavy atom. The molecule has 2 aromatic carbocycles. The molecule has 228 valence electrons.